The van der Waals surface area contributed by atoms with Crippen LogP contribution in [0.5, 0.6) is 0 Å². The number of rotatable bonds is 15. The van der Waals surface area contributed by atoms with Crippen molar-refractivity contribution in [1.29, 1.82) is 0 Å². The van der Waals surface area contributed by atoms with Gasteiger partial charge in [0.05, 0.1) is 6.61 Å². The van der Waals surface area contributed by atoms with Crippen LogP contribution in [0.1, 0.15) is 46.0 Å². The van der Waals surface area contributed by atoms with Gasteiger partial charge in [-0.25, -0.2) is 0 Å². The van der Waals surface area contributed by atoms with Crippen molar-refractivity contribution in [3.05, 3.63) is 0 Å². The fourth-order valence-corrected chi connectivity index (χ4v) is 1.58. The largest absolute Gasteiger partial charge is 0.465 e. The zero-order valence-corrected chi connectivity index (χ0v) is 12.9. The Morgan fingerprint density at radius 2 is 1.60 bits per heavy atom. The van der Waals surface area contributed by atoms with Crippen molar-refractivity contribution in [3.8, 4) is 0 Å². The molecule has 0 aromatic heterocycles. The van der Waals surface area contributed by atoms with Crippen LogP contribution < -0.4 is 0 Å². The zero-order valence-electron chi connectivity index (χ0n) is 12.9. The lowest BCUT2D eigenvalue weighted by molar-refractivity contribution is -0.132. The lowest BCUT2D eigenvalue weighted by atomic mass is 10.1. The summed E-state index contributed by atoms with van der Waals surface area (Å²) in [6.45, 7) is 7.25. The van der Waals surface area contributed by atoms with E-state index >= 15 is 0 Å². The Kier molecular flexibility index (Phi) is 14.3. The molecule has 0 aliphatic heterocycles. The van der Waals surface area contributed by atoms with Crippen molar-refractivity contribution >= 4 is 6.47 Å². The van der Waals surface area contributed by atoms with Crippen LogP contribution in [-0.2, 0) is 19.0 Å². The van der Waals surface area contributed by atoms with E-state index in [1.54, 1.807) is 0 Å². The number of aliphatic hydroxyl groups is 1. The quantitative estimate of drug-likeness (QED) is 0.370. The van der Waals surface area contributed by atoms with Gasteiger partial charge in [-0.2, -0.15) is 0 Å². The van der Waals surface area contributed by atoms with E-state index in [9.17, 15) is 9.90 Å². The van der Waals surface area contributed by atoms with Crippen LogP contribution in [0, 0.1) is 5.92 Å². The predicted molar refractivity (Wildman–Crippen MR) is 77.6 cm³/mol. The SMILES string of the molecule is CCC(C)COCCCCCCOCC(O)COC=O. The fourth-order valence-electron chi connectivity index (χ4n) is 1.58. The maximum atomic E-state index is 9.90. The molecule has 5 nitrogen and oxygen atoms in total. The van der Waals surface area contributed by atoms with Crippen LogP contribution in [0.25, 0.3) is 0 Å². The van der Waals surface area contributed by atoms with E-state index < -0.39 is 6.10 Å². The molecule has 0 fully saturated rings. The third-order valence-electron chi connectivity index (χ3n) is 3.09. The number of unbranched alkanes of at least 4 members (excludes halogenated alkanes) is 3. The first-order chi connectivity index (χ1) is 9.70. The molecular weight excluding hydrogens is 260 g/mol. The van der Waals surface area contributed by atoms with E-state index in [1.807, 2.05) is 0 Å². The van der Waals surface area contributed by atoms with E-state index in [0.717, 1.165) is 38.9 Å². The van der Waals surface area contributed by atoms with Crippen molar-refractivity contribution in [2.24, 2.45) is 5.92 Å². The molecule has 1 N–H and O–H groups in total. The summed E-state index contributed by atoms with van der Waals surface area (Å²) < 4.78 is 15.3. The summed E-state index contributed by atoms with van der Waals surface area (Å²) in [4.78, 5) is 9.90. The highest BCUT2D eigenvalue weighted by atomic mass is 16.5. The van der Waals surface area contributed by atoms with Gasteiger partial charge in [0.1, 0.15) is 12.7 Å². The Bertz CT molecular complexity index is 210. The molecule has 120 valence electrons. The van der Waals surface area contributed by atoms with Gasteiger partial charge >= 0.3 is 0 Å². The first kappa shape index (κ1) is 19.4. The minimum atomic E-state index is -0.728. The molecular formula is C15H30O5. The molecule has 0 aliphatic rings. The number of carbonyl (C=O) groups is 1. The Morgan fingerprint density at radius 3 is 2.15 bits per heavy atom. The smallest absolute Gasteiger partial charge is 0.293 e. The zero-order chi connectivity index (χ0) is 15.1. The predicted octanol–water partition coefficient (Wildman–Crippen LogP) is 2.16. The molecule has 5 heteroatoms. The van der Waals surface area contributed by atoms with E-state index in [1.165, 1.54) is 6.42 Å². The average Bonchev–Trinajstić information content (AvgIpc) is 2.46. The Labute approximate surface area is 122 Å². The standard InChI is InChI=1S/C15H30O5/c1-3-14(2)10-18-8-6-4-5-7-9-19-11-15(17)12-20-13-16/h13-15,17H,3-12H2,1-2H3. The Balaban J connectivity index is 3.11. The molecule has 0 aromatic carbocycles. The van der Waals surface area contributed by atoms with Gasteiger partial charge in [-0.3, -0.25) is 4.79 Å². The highest BCUT2D eigenvalue weighted by molar-refractivity contribution is 5.36. The number of carbonyl (C=O) groups excluding carboxylic acids is 1. The van der Waals surface area contributed by atoms with Crippen molar-refractivity contribution in [3.63, 3.8) is 0 Å². The van der Waals surface area contributed by atoms with E-state index in [-0.39, 0.29) is 13.2 Å². The van der Waals surface area contributed by atoms with E-state index in [4.69, 9.17) is 9.47 Å². The summed E-state index contributed by atoms with van der Waals surface area (Å²) in [7, 11) is 0. The molecule has 0 radical (unpaired) electrons. The Morgan fingerprint density at radius 1 is 1.00 bits per heavy atom. The maximum absolute atomic E-state index is 9.90. The van der Waals surface area contributed by atoms with Crippen molar-refractivity contribution in [2.45, 2.75) is 52.1 Å². The summed E-state index contributed by atoms with van der Waals surface area (Å²) in [6.07, 6.45) is 4.75. The number of hydrogen-bond acceptors (Lipinski definition) is 5. The third kappa shape index (κ3) is 13.8. The van der Waals surface area contributed by atoms with Gasteiger partial charge in [0.15, 0.2) is 0 Å². The second-order valence-corrected chi connectivity index (χ2v) is 5.16. The first-order valence-electron chi connectivity index (χ1n) is 7.59. The maximum Gasteiger partial charge on any atom is 0.293 e. The third-order valence-corrected chi connectivity index (χ3v) is 3.09. The summed E-state index contributed by atoms with van der Waals surface area (Å²) in [5.41, 5.74) is 0. The fraction of sp³-hybridized carbons (Fsp3) is 0.933. The van der Waals surface area contributed by atoms with Crippen LogP contribution in [-0.4, -0.2) is 50.7 Å². The van der Waals surface area contributed by atoms with Crippen LogP contribution in [0.2, 0.25) is 0 Å². The molecule has 20 heavy (non-hydrogen) atoms. The van der Waals surface area contributed by atoms with Gasteiger partial charge in [-0.15, -0.1) is 0 Å². The van der Waals surface area contributed by atoms with Crippen LogP contribution in [0.4, 0.5) is 0 Å². The highest BCUT2D eigenvalue weighted by Gasteiger charge is 2.03. The molecule has 0 rings (SSSR count). The molecule has 0 aliphatic carbocycles. The molecule has 0 saturated carbocycles. The lowest BCUT2D eigenvalue weighted by Gasteiger charge is -2.10. The summed E-state index contributed by atoms with van der Waals surface area (Å²) in [6, 6.07) is 0. The second kappa shape index (κ2) is 14.8. The normalized spacial score (nSPS) is 13.9. The molecule has 0 bridgehead atoms. The highest BCUT2D eigenvalue weighted by Crippen LogP contribution is 2.04. The molecule has 0 aromatic rings. The molecule has 0 heterocycles. The van der Waals surface area contributed by atoms with Crippen molar-refractivity contribution in [1.82, 2.24) is 0 Å². The second-order valence-electron chi connectivity index (χ2n) is 5.16. The van der Waals surface area contributed by atoms with Gasteiger partial charge in [-0.05, 0) is 18.8 Å². The minimum absolute atomic E-state index is 0.00295. The van der Waals surface area contributed by atoms with Crippen LogP contribution in [0.3, 0.4) is 0 Å². The molecule has 0 amide bonds. The summed E-state index contributed by atoms with van der Waals surface area (Å²) in [5.74, 6) is 0.651. The van der Waals surface area contributed by atoms with Gasteiger partial charge in [0.25, 0.3) is 6.47 Å². The number of ether oxygens (including phenoxy) is 3. The summed E-state index contributed by atoms with van der Waals surface area (Å²) in [5, 5.41) is 9.32. The van der Waals surface area contributed by atoms with Crippen molar-refractivity contribution in [2.75, 3.05) is 33.0 Å². The van der Waals surface area contributed by atoms with Gasteiger partial charge in [0, 0.05) is 19.8 Å². The van der Waals surface area contributed by atoms with Crippen LogP contribution in [0.15, 0.2) is 0 Å². The van der Waals surface area contributed by atoms with Gasteiger partial charge in [-0.1, -0.05) is 33.1 Å². The molecule has 2 atom stereocenters. The van der Waals surface area contributed by atoms with Gasteiger partial charge < -0.3 is 19.3 Å². The molecule has 0 saturated heterocycles. The monoisotopic (exact) mass is 290 g/mol. The Hall–Kier alpha value is -0.650. The number of aliphatic hydroxyl groups excluding tert-OH is 1. The van der Waals surface area contributed by atoms with Crippen LogP contribution >= 0.6 is 0 Å². The summed E-state index contributed by atoms with van der Waals surface area (Å²) >= 11 is 0. The minimum Gasteiger partial charge on any atom is -0.465 e. The molecule has 0 spiro atoms. The van der Waals surface area contributed by atoms with Crippen molar-refractivity contribution < 1.29 is 24.1 Å². The average molecular weight is 290 g/mol. The van der Waals surface area contributed by atoms with E-state index in [0.29, 0.717) is 19.0 Å². The van der Waals surface area contributed by atoms with E-state index in [2.05, 4.69) is 18.6 Å². The molecule has 2 unspecified atom stereocenters. The van der Waals surface area contributed by atoms with Gasteiger partial charge in [0.2, 0.25) is 0 Å². The lowest BCUT2D eigenvalue weighted by Crippen LogP contribution is -2.21. The topological polar surface area (TPSA) is 65.0 Å². The first-order valence-corrected chi connectivity index (χ1v) is 7.59. The number of hydrogen-bond donors (Lipinski definition) is 1.